The normalized spacial score (nSPS) is 12.5. The molecule has 200 valence electrons. The van der Waals surface area contributed by atoms with Gasteiger partial charge >= 0.3 is 5.97 Å². The van der Waals surface area contributed by atoms with Crippen LogP contribution < -0.4 is 10.5 Å². The van der Waals surface area contributed by atoms with Gasteiger partial charge in [-0.25, -0.2) is 0 Å². The number of para-hydroxylation sites is 1. The number of hydrogen-bond donors (Lipinski definition) is 2. The van der Waals surface area contributed by atoms with Crippen LogP contribution in [0.5, 0.6) is 5.75 Å². The second-order valence-electron chi connectivity index (χ2n) is 9.96. The number of aliphatic hydroxyl groups is 1. The van der Waals surface area contributed by atoms with Gasteiger partial charge in [-0.15, -0.1) is 0 Å². The van der Waals surface area contributed by atoms with Gasteiger partial charge in [-0.2, -0.15) is 0 Å². The molecular formula is C31H35NO6. The second-order valence-corrected chi connectivity index (χ2v) is 9.96. The molecule has 3 N–H and O–H groups in total. The SMILES string of the molecule is COCC(C)OC(=O)Cc1ccccc1OCc1cc(-c2cccc(CN)c2)c2oc(C(C)(C)O)cc2c1. The highest BCUT2D eigenvalue weighted by atomic mass is 16.6. The van der Waals surface area contributed by atoms with Crippen LogP contribution in [0.3, 0.4) is 0 Å². The average molecular weight is 518 g/mol. The molecule has 1 heterocycles. The van der Waals surface area contributed by atoms with E-state index in [1.807, 2.05) is 66.7 Å². The van der Waals surface area contributed by atoms with Gasteiger partial charge in [0.05, 0.1) is 13.0 Å². The molecule has 0 spiro atoms. The Morgan fingerprint density at radius 1 is 1.05 bits per heavy atom. The van der Waals surface area contributed by atoms with Crippen molar-refractivity contribution in [3.8, 4) is 16.9 Å². The van der Waals surface area contributed by atoms with Crippen LogP contribution in [0, 0.1) is 0 Å². The summed E-state index contributed by atoms with van der Waals surface area (Å²) in [5.41, 5.74) is 9.96. The molecule has 0 saturated heterocycles. The third-order valence-corrected chi connectivity index (χ3v) is 6.19. The van der Waals surface area contributed by atoms with Gasteiger partial charge in [-0.05, 0) is 67.8 Å². The molecule has 7 heteroatoms. The van der Waals surface area contributed by atoms with E-state index in [-0.39, 0.29) is 25.1 Å². The molecule has 4 rings (SSSR count). The minimum atomic E-state index is -1.12. The topological polar surface area (TPSA) is 104 Å². The Morgan fingerprint density at radius 3 is 2.58 bits per heavy atom. The predicted octanol–water partition coefficient (Wildman–Crippen LogP) is 5.49. The number of nitrogens with two attached hydrogens (primary N) is 1. The Balaban J connectivity index is 1.63. The summed E-state index contributed by atoms with van der Waals surface area (Å²) in [4.78, 5) is 12.4. The van der Waals surface area contributed by atoms with Crippen LogP contribution in [-0.4, -0.2) is 30.9 Å². The number of rotatable bonds is 11. The van der Waals surface area contributed by atoms with E-state index in [0.29, 0.717) is 30.2 Å². The maximum absolute atomic E-state index is 12.4. The van der Waals surface area contributed by atoms with Gasteiger partial charge in [0.25, 0.3) is 0 Å². The summed E-state index contributed by atoms with van der Waals surface area (Å²) in [6.45, 7) is 6.22. The van der Waals surface area contributed by atoms with Crippen molar-refractivity contribution >= 4 is 16.9 Å². The minimum absolute atomic E-state index is 0.0943. The van der Waals surface area contributed by atoms with Gasteiger partial charge in [-0.1, -0.05) is 36.4 Å². The zero-order valence-corrected chi connectivity index (χ0v) is 22.3. The van der Waals surface area contributed by atoms with Crippen molar-refractivity contribution in [2.45, 2.75) is 52.0 Å². The summed E-state index contributed by atoms with van der Waals surface area (Å²) in [7, 11) is 1.57. The number of carbonyl (C=O) groups is 1. The fourth-order valence-corrected chi connectivity index (χ4v) is 4.32. The van der Waals surface area contributed by atoms with Crippen LogP contribution in [-0.2, 0) is 39.4 Å². The molecule has 1 unspecified atom stereocenters. The molecular weight excluding hydrogens is 482 g/mol. The molecule has 1 atom stereocenters. The highest BCUT2D eigenvalue weighted by Gasteiger charge is 2.23. The molecule has 0 aliphatic rings. The highest BCUT2D eigenvalue weighted by Crippen LogP contribution is 2.36. The molecule has 0 fully saturated rings. The van der Waals surface area contributed by atoms with Crippen molar-refractivity contribution in [2.75, 3.05) is 13.7 Å². The van der Waals surface area contributed by atoms with E-state index in [0.717, 1.165) is 33.2 Å². The third kappa shape index (κ3) is 6.61. The number of benzene rings is 3. The largest absolute Gasteiger partial charge is 0.489 e. The first-order chi connectivity index (χ1) is 18.2. The maximum atomic E-state index is 12.4. The molecule has 7 nitrogen and oxygen atoms in total. The Bertz CT molecular complexity index is 1400. The van der Waals surface area contributed by atoms with Crippen molar-refractivity contribution < 1.29 is 28.5 Å². The van der Waals surface area contributed by atoms with Crippen molar-refractivity contribution in [3.63, 3.8) is 0 Å². The van der Waals surface area contributed by atoms with Crippen molar-refractivity contribution in [3.05, 3.63) is 89.2 Å². The lowest BCUT2D eigenvalue weighted by atomic mass is 9.98. The van der Waals surface area contributed by atoms with Gasteiger partial charge in [0.1, 0.15) is 35.4 Å². The van der Waals surface area contributed by atoms with Crippen molar-refractivity contribution in [1.29, 1.82) is 0 Å². The van der Waals surface area contributed by atoms with E-state index in [2.05, 4.69) is 0 Å². The number of ether oxygens (including phenoxy) is 3. The number of fused-ring (bicyclic) bond motifs is 1. The monoisotopic (exact) mass is 517 g/mol. The van der Waals surface area contributed by atoms with Crippen LogP contribution in [0.4, 0.5) is 0 Å². The Morgan fingerprint density at radius 2 is 1.84 bits per heavy atom. The van der Waals surface area contributed by atoms with Crippen LogP contribution in [0.25, 0.3) is 22.1 Å². The summed E-state index contributed by atoms with van der Waals surface area (Å²) in [5.74, 6) is 0.750. The standard InChI is InChI=1S/C31H35NO6/c1-20(18-35-4)37-29(33)16-24-9-5-6-11-27(24)36-19-22-13-25-15-28(31(2,3)34)38-30(25)26(14-22)23-10-7-8-21(12-23)17-32/h5-15,20,34H,16-19,32H2,1-4H3. The van der Waals surface area contributed by atoms with Gasteiger partial charge in [0.2, 0.25) is 0 Å². The summed E-state index contributed by atoms with van der Waals surface area (Å²) in [6, 6.07) is 21.3. The van der Waals surface area contributed by atoms with Crippen molar-refractivity contribution in [1.82, 2.24) is 0 Å². The van der Waals surface area contributed by atoms with Gasteiger partial charge in [0.15, 0.2) is 0 Å². The van der Waals surface area contributed by atoms with Crippen LogP contribution in [0.2, 0.25) is 0 Å². The molecule has 0 aliphatic heterocycles. The number of methoxy groups -OCH3 is 1. The van der Waals surface area contributed by atoms with Gasteiger partial charge in [-0.3, -0.25) is 4.79 Å². The van der Waals surface area contributed by atoms with Gasteiger partial charge < -0.3 is 29.5 Å². The molecule has 0 saturated carbocycles. The first-order valence-corrected chi connectivity index (χ1v) is 12.7. The molecule has 0 radical (unpaired) electrons. The fourth-order valence-electron chi connectivity index (χ4n) is 4.32. The fraction of sp³-hybridized carbons (Fsp3) is 0.323. The summed E-state index contributed by atoms with van der Waals surface area (Å²) in [5, 5.41) is 11.4. The van der Waals surface area contributed by atoms with Crippen LogP contribution in [0.1, 0.15) is 43.2 Å². The summed E-state index contributed by atoms with van der Waals surface area (Å²) >= 11 is 0. The van der Waals surface area contributed by atoms with Crippen molar-refractivity contribution in [2.24, 2.45) is 5.73 Å². The maximum Gasteiger partial charge on any atom is 0.310 e. The first kappa shape index (κ1) is 27.4. The van der Waals surface area contributed by atoms with Crippen LogP contribution in [0.15, 0.2) is 71.1 Å². The third-order valence-electron chi connectivity index (χ3n) is 6.19. The molecule has 38 heavy (non-hydrogen) atoms. The predicted molar refractivity (Wildman–Crippen MR) is 147 cm³/mol. The van der Waals surface area contributed by atoms with E-state index in [1.165, 1.54) is 0 Å². The van der Waals surface area contributed by atoms with E-state index in [4.69, 9.17) is 24.4 Å². The summed E-state index contributed by atoms with van der Waals surface area (Å²) < 4.78 is 22.8. The number of hydrogen-bond acceptors (Lipinski definition) is 7. The smallest absolute Gasteiger partial charge is 0.310 e. The van der Waals surface area contributed by atoms with E-state index < -0.39 is 5.60 Å². The van der Waals surface area contributed by atoms with E-state index in [9.17, 15) is 9.90 Å². The molecule has 0 bridgehead atoms. The second kappa shape index (κ2) is 11.8. The summed E-state index contributed by atoms with van der Waals surface area (Å²) in [6.07, 6.45) is -0.232. The molecule has 0 aliphatic carbocycles. The lowest BCUT2D eigenvalue weighted by Gasteiger charge is -2.15. The Labute approximate surface area is 223 Å². The molecule has 1 aromatic heterocycles. The minimum Gasteiger partial charge on any atom is -0.489 e. The molecule has 0 amide bonds. The van der Waals surface area contributed by atoms with Crippen LogP contribution >= 0.6 is 0 Å². The Hall–Kier alpha value is -3.65. The van der Waals surface area contributed by atoms with Gasteiger partial charge in [0, 0.05) is 30.2 Å². The number of esters is 1. The molecule has 4 aromatic rings. The average Bonchev–Trinajstić information content (AvgIpc) is 3.33. The lowest BCUT2D eigenvalue weighted by molar-refractivity contribution is -0.149. The first-order valence-electron chi connectivity index (χ1n) is 12.7. The zero-order chi connectivity index (χ0) is 27.3. The molecule has 3 aromatic carbocycles. The van der Waals surface area contributed by atoms with E-state index in [1.54, 1.807) is 27.9 Å². The quantitative estimate of drug-likeness (QED) is 0.254. The highest BCUT2D eigenvalue weighted by molar-refractivity contribution is 5.94. The van der Waals surface area contributed by atoms with E-state index >= 15 is 0 Å². The zero-order valence-electron chi connectivity index (χ0n) is 22.3. The lowest BCUT2D eigenvalue weighted by Crippen LogP contribution is -2.21. The Kier molecular flexibility index (Phi) is 8.52. The number of furan rings is 1. The number of carbonyl (C=O) groups excluding carboxylic acids is 1.